The summed E-state index contributed by atoms with van der Waals surface area (Å²) in [6.07, 6.45) is 5.23. The first-order valence-electron chi connectivity index (χ1n) is 8.72. The molecule has 2 fully saturated rings. The summed E-state index contributed by atoms with van der Waals surface area (Å²) in [6, 6.07) is 1.43. The van der Waals surface area contributed by atoms with Crippen LogP contribution in [0.2, 0.25) is 0 Å². The summed E-state index contributed by atoms with van der Waals surface area (Å²) >= 11 is 0. The molecule has 0 spiro atoms. The van der Waals surface area contributed by atoms with Crippen LogP contribution in [0.3, 0.4) is 0 Å². The molecule has 0 aromatic rings. The molecule has 1 atom stereocenters. The first-order valence-corrected chi connectivity index (χ1v) is 8.72. The summed E-state index contributed by atoms with van der Waals surface area (Å²) in [5.74, 6) is -2.63. The minimum absolute atomic E-state index is 0.0168. The van der Waals surface area contributed by atoms with Gasteiger partial charge in [-0.25, -0.2) is 4.79 Å². The van der Waals surface area contributed by atoms with Crippen molar-refractivity contribution in [2.24, 2.45) is 5.92 Å². The van der Waals surface area contributed by atoms with Crippen LogP contribution >= 0.6 is 0 Å². The van der Waals surface area contributed by atoms with E-state index in [2.05, 4.69) is 5.32 Å². The minimum atomic E-state index is -1.32. The zero-order valence-electron chi connectivity index (χ0n) is 14.5. The van der Waals surface area contributed by atoms with Crippen LogP contribution < -0.4 is 5.32 Å². The highest BCUT2D eigenvalue weighted by Crippen LogP contribution is 2.18. The number of amides is 4. The zero-order chi connectivity index (χ0) is 18.4. The largest absolute Gasteiger partial charge is 0.352 e. The molecule has 1 saturated heterocycles. The van der Waals surface area contributed by atoms with Gasteiger partial charge in [0.25, 0.3) is 0 Å². The molecule has 0 bridgehead atoms. The van der Waals surface area contributed by atoms with E-state index >= 15 is 0 Å². The Hall–Kier alpha value is -2.43. The molecule has 2 rings (SSSR count). The molecule has 1 saturated carbocycles. The molecule has 1 aliphatic heterocycles. The van der Waals surface area contributed by atoms with Gasteiger partial charge in [0.05, 0.1) is 6.07 Å². The van der Waals surface area contributed by atoms with Gasteiger partial charge in [-0.1, -0.05) is 19.3 Å². The zero-order valence-corrected chi connectivity index (χ0v) is 14.5. The maximum absolute atomic E-state index is 12.2. The second kappa shape index (κ2) is 8.60. The number of imide groups is 1. The molecule has 1 aliphatic carbocycles. The Morgan fingerprint density at radius 3 is 2.52 bits per heavy atom. The Balaban J connectivity index is 1.79. The van der Waals surface area contributed by atoms with Crippen molar-refractivity contribution in [3.63, 3.8) is 0 Å². The predicted molar refractivity (Wildman–Crippen MR) is 88.1 cm³/mol. The van der Waals surface area contributed by atoms with Crippen LogP contribution in [0.15, 0.2) is 0 Å². The number of Topliss-reactive ketones (excluding diaryl/α,β-unsaturated/α-hetero) is 1. The van der Waals surface area contributed by atoms with Crippen molar-refractivity contribution in [3.05, 3.63) is 0 Å². The molecule has 0 unspecified atom stereocenters. The Labute approximate surface area is 147 Å². The first kappa shape index (κ1) is 18.9. The SMILES string of the molecule is CN1CC(=O)N(CCCC(=O)[C@H](C#N)C(=O)NC2CCCCC2)C1=O. The van der Waals surface area contributed by atoms with Crippen molar-refractivity contribution in [2.75, 3.05) is 20.1 Å². The van der Waals surface area contributed by atoms with Gasteiger partial charge >= 0.3 is 6.03 Å². The molecule has 8 heteroatoms. The van der Waals surface area contributed by atoms with Crippen LogP contribution in [-0.2, 0) is 14.4 Å². The van der Waals surface area contributed by atoms with Gasteiger partial charge in [-0.15, -0.1) is 0 Å². The summed E-state index contributed by atoms with van der Waals surface area (Å²) in [6.45, 7) is 0.160. The van der Waals surface area contributed by atoms with Crippen LogP contribution in [0.5, 0.6) is 0 Å². The molecular weight excluding hydrogens is 324 g/mol. The Morgan fingerprint density at radius 1 is 1.28 bits per heavy atom. The van der Waals surface area contributed by atoms with Gasteiger partial charge in [0, 0.05) is 26.1 Å². The van der Waals surface area contributed by atoms with E-state index in [4.69, 9.17) is 5.26 Å². The number of hydrogen-bond acceptors (Lipinski definition) is 5. The fourth-order valence-corrected chi connectivity index (χ4v) is 3.25. The number of carbonyl (C=O) groups is 4. The van der Waals surface area contributed by atoms with E-state index in [0.29, 0.717) is 0 Å². The number of carbonyl (C=O) groups excluding carboxylic acids is 4. The number of rotatable bonds is 7. The first-order chi connectivity index (χ1) is 11.9. The smallest absolute Gasteiger partial charge is 0.326 e. The number of hydrogen-bond donors (Lipinski definition) is 1. The van der Waals surface area contributed by atoms with E-state index in [-0.39, 0.29) is 43.9 Å². The standard InChI is InChI=1S/C17H24N4O4/c1-20-11-15(23)21(17(20)25)9-5-8-14(22)13(10-18)16(24)19-12-6-3-2-4-7-12/h12-13H,2-9,11H2,1H3,(H,19,24)/t13-/m0/s1. The van der Waals surface area contributed by atoms with E-state index in [1.54, 1.807) is 6.07 Å². The lowest BCUT2D eigenvalue weighted by atomic mass is 9.94. The fourth-order valence-electron chi connectivity index (χ4n) is 3.25. The van der Waals surface area contributed by atoms with E-state index in [1.807, 2.05) is 0 Å². The van der Waals surface area contributed by atoms with Crippen molar-refractivity contribution < 1.29 is 19.2 Å². The van der Waals surface area contributed by atoms with Crippen LogP contribution in [0, 0.1) is 17.2 Å². The third-order valence-electron chi connectivity index (χ3n) is 4.70. The van der Waals surface area contributed by atoms with Crippen molar-refractivity contribution in [1.29, 1.82) is 5.26 Å². The van der Waals surface area contributed by atoms with Crippen LogP contribution in [-0.4, -0.2) is 59.6 Å². The third-order valence-corrected chi connectivity index (χ3v) is 4.70. The van der Waals surface area contributed by atoms with E-state index in [9.17, 15) is 19.2 Å². The van der Waals surface area contributed by atoms with E-state index < -0.39 is 17.6 Å². The summed E-state index contributed by atoms with van der Waals surface area (Å²) in [7, 11) is 1.53. The van der Waals surface area contributed by atoms with Crippen LogP contribution in [0.1, 0.15) is 44.9 Å². The highest BCUT2D eigenvalue weighted by molar-refractivity contribution is 6.04. The summed E-state index contributed by atoms with van der Waals surface area (Å²) in [5.41, 5.74) is 0. The van der Waals surface area contributed by atoms with Crippen LogP contribution in [0.25, 0.3) is 0 Å². The van der Waals surface area contributed by atoms with Gasteiger partial charge in [0.15, 0.2) is 11.7 Å². The normalized spacial score (nSPS) is 19.7. The van der Waals surface area contributed by atoms with Crippen LogP contribution in [0.4, 0.5) is 4.79 Å². The second-order valence-electron chi connectivity index (χ2n) is 6.66. The number of likely N-dealkylation sites (N-methyl/N-ethyl adjacent to an activating group) is 1. The lowest BCUT2D eigenvalue weighted by Gasteiger charge is -2.23. The van der Waals surface area contributed by atoms with Crippen molar-refractivity contribution in [2.45, 2.75) is 51.0 Å². The van der Waals surface area contributed by atoms with Gasteiger partial charge in [-0.2, -0.15) is 5.26 Å². The Kier molecular flexibility index (Phi) is 6.51. The molecule has 136 valence electrons. The number of nitrogens with one attached hydrogen (secondary N) is 1. The minimum Gasteiger partial charge on any atom is -0.352 e. The molecular formula is C17H24N4O4. The molecule has 8 nitrogen and oxygen atoms in total. The molecule has 4 amide bonds. The van der Waals surface area contributed by atoms with Gasteiger partial charge in [0.2, 0.25) is 11.8 Å². The number of urea groups is 1. The Morgan fingerprint density at radius 2 is 1.96 bits per heavy atom. The van der Waals surface area contributed by atoms with Crippen molar-refractivity contribution >= 4 is 23.6 Å². The maximum atomic E-state index is 12.2. The summed E-state index contributed by atoms with van der Waals surface area (Å²) < 4.78 is 0. The molecule has 0 radical (unpaired) electrons. The molecule has 0 aromatic carbocycles. The van der Waals surface area contributed by atoms with Gasteiger partial charge in [0.1, 0.15) is 6.54 Å². The number of ketones is 1. The quantitative estimate of drug-likeness (QED) is 0.541. The van der Waals surface area contributed by atoms with Crippen molar-refractivity contribution in [3.8, 4) is 6.07 Å². The second-order valence-corrected chi connectivity index (χ2v) is 6.66. The highest BCUT2D eigenvalue weighted by atomic mass is 16.2. The fraction of sp³-hybridized carbons (Fsp3) is 0.706. The third kappa shape index (κ3) is 4.78. The highest BCUT2D eigenvalue weighted by Gasteiger charge is 2.33. The topological polar surface area (TPSA) is 111 Å². The predicted octanol–water partition coefficient (Wildman–Crippen LogP) is 0.818. The molecule has 1 heterocycles. The lowest BCUT2D eigenvalue weighted by Crippen LogP contribution is -2.42. The monoisotopic (exact) mass is 348 g/mol. The summed E-state index contributed by atoms with van der Waals surface area (Å²) in [4.78, 5) is 50.1. The molecule has 1 N–H and O–H groups in total. The number of nitriles is 1. The molecule has 25 heavy (non-hydrogen) atoms. The van der Waals surface area contributed by atoms with Gasteiger partial charge < -0.3 is 10.2 Å². The van der Waals surface area contributed by atoms with E-state index in [0.717, 1.165) is 37.0 Å². The summed E-state index contributed by atoms with van der Waals surface area (Å²) in [5, 5.41) is 12.0. The lowest BCUT2D eigenvalue weighted by molar-refractivity contribution is -0.133. The van der Waals surface area contributed by atoms with Gasteiger partial charge in [-0.3, -0.25) is 19.3 Å². The Bertz CT molecular complexity index is 592. The van der Waals surface area contributed by atoms with Crippen molar-refractivity contribution in [1.82, 2.24) is 15.1 Å². The molecule has 0 aromatic heterocycles. The molecule has 2 aliphatic rings. The van der Waals surface area contributed by atoms with Gasteiger partial charge in [-0.05, 0) is 19.3 Å². The average molecular weight is 348 g/mol. The average Bonchev–Trinajstić information content (AvgIpc) is 2.82. The maximum Gasteiger partial charge on any atom is 0.326 e. The number of nitrogens with zero attached hydrogens (tertiary/aromatic N) is 3. The van der Waals surface area contributed by atoms with E-state index in [1.165, 1.54) is 11.9 Å².